The first-order chi connectivity index (χ1) is 9.75. The quantitative estimate of drug-likeness (QED) is 0.581. The molecule has 0 saturated carbocycles. The van der Waals surface area contributed by atoms with Crippen LogP contribution >= 0.6 is 11.6 Å². The second-order valence-electron chi connectivity index (χ2n) is 6.26. The van der Waals surface area contributed by atoms with Gasteiger partial charge < -0.3 is 0 Å². The van der Waals surface area contributed by atoms with Crippen molar-refractivity contribution in [3.8, 4) is 0 Å². The van der Waals surface area contributed by atoms with Crippen LogP contribution in [0.5, 0.6) is 0 Å². The molecule has 0 heterocycles. The van der Waals surface area contributed by atoms with Crippen molar-refractivity contribution in [1.29, 1.82) is 0 Å². The van der Waals surface area contributed by atoms with Crippen molar-refractivity contribution in [2.24, 2.45) is 0 Å². The molecule has 2 aromatic carbocycles. The van der Waals surface area contributed by atoms with Crippen LogP contribution in [0, 0.1) is 48.5 Å². The van der Waals surface area contributed by atoms with E-state index in [4.69, 9.17) is 11.6 Å². The highest BCUT2D eigenvalue weighted by Crippen LogP contribution is 2.38. The van der Waals surface area contributed by atoms with E-state index in [1.807, 2.05) is 0 Å². The number of aryl methyl sites for hydroxylation is 2. The van der Waals surface area contributed by atoms with E-state index >= 15 is 0 Å². The molecule has 1 atom stereocenters. The molecule has 1 heteroatoms. The highest BCUT2D eigenvalue weighted by molar-refractivity contribution is 6.23. The molecule has 1 unspecified atom stereocenters. The van der Waals surface area contributed by atoms with Gasteiger partial charge in [0.05, 0.1) is 5.38 Å². The zero-order chi connectivity index (χ0) is 15.9. The largest absolute Gasteiger partial charge is 0.113 e. The second-order valence-corrected chi connectivity index (χ2v) is 6.70. The lowest BCUT2D eigenvalue weighted by molar-refractivity contribution is 1.02. The number of alkyl halides is 1. The van der Waals surface area contributed by atoms with Crippen LogP contribution in [0.2, 0.25) is 0 Å². The summed E-state index contributed by atoms with van der Waals surface area (Å²) < 4.78 is 0. The van der Waals surface area contributed by atoms with E-state index in [2.05, 4.69) is 66.7 Å². The standard InChI is InChI=1S/C20H25Cl/c1-11-8-9-18(12(2)10-11)20(21)19-16(6)14(4)13(3)15(5)17(19)7/h8-10,20H,1-7H3. The summed E-state index contributed by atoms with van der Waals surface area (Å²) in [5.41, 5.74) is 11.8. The molecule has 0 aliphatic heterocycles. The molecule has 0 aromatic heterocycles. The van der Waals surface area contributed by atoms with Crippen LogP contribution in [0.15, 0.2) is 18.2 Å². The maximum atomic E-state index is 6.90. The fourth-order valence-corrected chi connectivity index (χ4v) is 3.75. The Kier molecular flexibility index (Phi) is 4.49. The van der Waals surface area contributed by atoms with Crippen LogP contribution in [0.4, 0.5) is 0 Å². The van der Waals surface area contributed by atoms with E-state index < -0.39 is 0 Å². The summed E-state index contributed by atoms with van der Waals surface area (Å²) in [6.45, 7) is 15.3. The van der Waals surface area contributed by atoms with Gasteiger partial charge >= 0.3 is 0 Å². The highest BCUT2D eigenvalue weighted by atomic mass is 35.5. The van der Waals surface area contributed by atoms with Gasteiger partial charge in [-0.3, -0.25) is 0 Å². The Labute approximate surface area is 134 Å². The lowest BCUT2D eigenvalue weighted by atomic mass is 9.85. The van der Waals surface area contributed by atoms with Crippen molar-refractivity contribution in [2.75, 3.05) is 0 Å². The zero-order valence-electron chi connectivity index (χ0n) is 14.2. The number of rotatable bonds is 2. The Morgan fingerprint density at radius 3 is 1.67 bits per heavy atom. The monoisotopic (exact) mass is 300 g/mol. The van der Waals surface area contributed by atoms with Gasteiger partial charge in [0.25, 0.3) is 0 Å². The van der Waals surface area contributed by atoms with Gasteiger partial charge in [-0.2, -0.15) is 0 Å². The maximum Gasteiger partial charge on any atom is 0.0843 e. The van der Waals surface area contributed by atoms with Gasteiger partial charge in [-0.1, -0.05) is 23.8 Å². The van der Waals surface area contributed by atoms with E-state index in [0.29, 0.717) is 0 Å². The van der Waals surface area contributed by atoms with Crippen molar-refractivity contribution in [1.82, 2.24) is 0 Å². The topological polar surface area (TPSA) is 0 Å². The molecule has 0 N–H and O–H groups in total. The van der Waals surface area contributed by atoms with Crippen LogP contribution in [0.3, 0.4) is 0 Å². The molecule has 0 amide bonds. The van der Waals surface area contributed by atoms with Crippen LogP contribution in [-0.4, -0.2) is 0 Å². The normalized spacial score (nSPS) is 12.6. The summed E-state index contributed by atoms with van der Waals surface area (Å²) in [6.07, 6.45) is 0. The second kappa shape index (κ2) is 5.85. The van der Waals surface area contributed by atoms with Crippen LogP contribution in [0.25, 0.3) is 0 Å². The molecule has 0 aliphatic carbocycles. The smallest absolute Gasteiger partial charge is 0.0843 e. The molecule has 0 nitrogen and oxygen atoms in total. The minimum absolute atomic E-state index is 0.0800. The first-order valence-electron chi connectivity index (χ1n) is 7.53. The summed E-state index contributed by atoms with van der Waals surface area (Å²) >= 11 is 6.90. The third-order valence-electron chi connectivity index (χ3n) is 5.01. The molecule has 0 aliphatic rings. The average molecular weight is 301 g/mol. The third kappa shape index (κ3) is 2.74. The summed E-state index contributed by atoms with van der Waals surface area (Å²) in [6, 6.07) is 6.53. The highest BCUT2D eigenvalue weighted by Gasteiger charge is 2.21. The molecular formula is C20H25Cl. The summed E-state index contributed by atoms with van der Waals surface area (Å²) in [7, 11) is 0. The Morgan fingerprint density at radius 2 is 1.19 bits per heavy atom. The lowest BCUT2D eigenvalue weighted by Crippen LogP contribution is -2.07. The van der Waals surface area contributed by atoms with Crippen LogP contribution < -0.4 is 0 Å². The number of halogens is 1. The lowest BCUT2D eigenvalue weighted by Gasteiger charge is -2.23. The fourth-order valence-electron chi connectivity index (χ4n) is 3.17. The minimum atomic E-state index is -0.0800. The van der Waals surface area contributed by atoms with Crippen LogP contribution in [-0.2, 0) is 0 Å². The average Bonchev–Trinajstić information content (AvgIpc) is 2.43. The van der Waals surface area contributed by atoms with Crippen LogP contribution in [0.1, 0.15) is 55.4 Å². The third-order valence-corrected chi connectivity index (χ3v) is 5.46. The van der Waals surface area contributed by atoms with Crippen molar-refractivity contribution in [3.05, 3.63) is 68.3 Å². The first-order valence-corrected chi connectivity index (χ1v) is 7.97. The van der Waals surface area contributed by atoms with Gasteiger partial charge in [-0.05, 0) is 93.0 Å². The fraction of sp³-hybridized carbons (Fsp3) is 0.400. The maximum absolute atomic E-state index is 6.90. The van der Waals surface area contributed by atoms with E-state index in [1.54, 1.807) is 0 Å². The SMILES string of the molecule is Cc1ccc(C(Cl)c2c(C)c(C)c(C)c(C)c2C)c(C)c1. The van der Waals surface area contributed by atoms with E-state index in [0.717, 1.165) is 0 Å². The van der Waals surface area contributed by atoms with Gasteiger partial charge in [0.1, 0.15) is 0 Å². The predicted molar refractivity (Wildman–Crippen MR) is 93.7 cm³/mol. The molecule has 0 radical (unpaired) electrons. The summed E-state index contributed by atoms with van der Waals surface area (Å²) in [5.74, 6) is 0. The van der Waals surface area contributed by atoms with Gasteiger partial charge in [0.2, 0.25) is 0 Å². The van der Waals surface area contributed by atoms with Gasteiger partial charge in [-0.25, -0.2) is 0 Å². The molecule has 0 saturated heterocycles. The molecule has 0 spiro atoms. The van der Waals surface area contributed by atoms with E-state index in [9.17, 15) is 0 Å². The van der Waals surface area contributed by atoms with Gasteiger partial charge in [0.15, 0.2) is 0 Å². The molecule has 21 heavy (non-hydrogen) atoms. The molecular weight excluding hydrogens is 276 g/mol. The molecule has 2 rings (SSSR count). The Bertz CT molecular complexity index is 666. The zero-order valence-corrected chi connectivity index (χ0v) is 14.9. The molecule has 0 fully saturated rings. The number of hydrogen-bond acceptors (Lipinski definition) is 0. The Balaban J connectivity index is 2.66. The minimum Gasteiger partial charge on any atom is -0.113 e. The number of benzene rings is 2. The van der Waals surface area contributed by atoms with E-state index in [1.165, 1.54) is 50.1 Å². The first kappa shape index (κ1) is 16.1. The van der Waals surface area contributed by atoms with Crippen molar-refractivity contribution in [2.45, 2.75) is 53.8 Å². The summed E-state index contributed by atoms with van der Waals surface area (Å²) in [4.78, 5) is 0. The van der Waals surface area contributed by atoms with Crippen molar-refractivity contribution >= 4 is 11.6 Å². The van der Waals surface area contributed by atoms with Gasteiger partial charge in [0, 0.05) is 0 Å². The van der Waals surface area contributed by atoms with Gasteiger partial charge in [-0.15, -0.1) is 11.6 Å². The Morgan fingerprint density at radius 1 is 0.714 bits per heavy atom. The summed E-state index contributed by atoms with van der Waals surface area (Å²) in [5, 5.41) is -0.0800. The molecule has 2 aromatic rings. The molecule has 0 bridgehead atoms. The van der Waals surface area contributed by atoms with Crippen molar-refractivity contribution < 1.29 is 0 Å². The number of hydrogen-bond donors (Lipinski definition) is 0. The molecule has 112 valence electrons. The Hall–Kier alpha value is -1.27. The van der Waals surface area contributed by atoms with Crippen molar-refractivity contribution in [3.63, 3.8) is 0 Å². The van der Waals surface area contributed by atoms with E-state index in [-0.39, 0.29) is 5.38 Å². The predicted octanol–water partition coefficient (Wildman–Crippen LogP) is 6.17.